The zero-order valence-corrected chi connectivity index (χ0v) is 16.8. The maximum Gasteiger partial charge on any atom is 0.416 e. The van der Waals surface area contributed by atoms with Crippen LogP contribution in [0.4, 0.5) is 13.2 Å². The largest absolute Gasteiger partial charge is 0.464 e. The van der Waals surface area contributed by atoms with E-state index in [1.54, 1.807) is 0 Å². The summed E-state index contributed by atoms with van der Waals surface area (Å²) in [6.07, 6.45) is -1.42. The summed E-state index contributed by atoms with van der Waals surface area (Å²) >= 11 is 0. The van der Waals surface area contributed by atoms with Gasteiger partial charge < -0.3 is 14.8 Å². The number of carbonyl (C=O) groups excluding carboxylic acids is 1. The van der Waals surface area contributed by atoms with Gasteiger partial charge in [0, 0.05) is 19.6 Å². The summed E-state index contributed by atoms with van der Waals surface area (Å²) in [6.45, 7) is 6.17. The number of nitrogens with zero attached hydrogens (tertiary/aromatic N) is 1. The molecule has 0 spiro atoms. The molecule has 2 aliphatic heterocycles. The number of carbonyl (C=O) groups is 1. The van der Waals surface area contributed by atoms with Crippen molar-refractivity contribution in [3.63, 3.8) is 0 Å². The average molecular weight is 414 g/mol. The lowest BCUT2D eigenvalue weighted by atomic mass is 9.94. The predicted octanol–water partition coefficient (Wildman–Crippen LogP) is 3.50. The van der Waals surface area contributed by atoms with Crippen LogP contribution in [0.3, 0.4) is 0 Å². The fraction of sp³-hybridized carbons (Fsp3) is 0.667. The molecule has 3 rings (SSSR count). The number of likely N-dealkylation sites (tertiary alicyclic amines) is 1. The van der Waals surface area contributed by atoms with Crippen LogP contribution < -0.4 is 5.32 Å². The quantitative estimate of drug-likeness (QED) is 0.692. The van der Waals surface area contributed by atoms with Gasteiger partial charge in [-0.3, -0.25) is 9.69 Å². The van der Waals surface area contributed by atoms with Crippen LogP contribution in [-0.4, -0.2) is 49.3 Å². The zero-order valence-electron chi connectivity index (χ0n) is 16.8. The van der Waals surface area contributed by atoms with Gasteiger partial charge >= 0.3 is 6.18 Å². The van der Waals surface area contributed by atoms with Gasteiger partial charge in [0.25, 0.3) is 6.47 Å². The summed E-state index contributed by atoms with van der Waals surface area (Å²) in [5.74, 6) is 0. The Morgan fingerprint density at radius 3 is 2.45 bits per heavy atom. The summed E-state index contributed by atoms with van der Waals surface area (Å²) in [5.41, 5.74) is 0.237. The van der Waals surface area contributed by atoms with Crippen molar-refractivity contribution in [2.24, 2.45) is 0 Å². The minimum Gasteiger partial charge on any atom is -0.464 e. The van der Waals surface area contributed by atoms with Crippen molar-refractivity contribution in [3.8, 4) is 0 Å². The summed E-state index contributed by atoms with van der Waals surface area (Å²) in [4.78, 5) is 12.6. The number of halogens is 3. The van der Waals surface area contributed by atoms with Crippen LogP contribution in [0.5, 0.6) is 0 Å². The molecule has 2 fully saturated rings. The van der Waals surface area contributed by atoms with E-state index in [9.17, 15) is 18.0 Å². The van der Waals surface area contributed by atoms with E-state index >= 15 is 0 Å². The van der Waals surface area contributed by atoms with Gasteiger partial charge in [-0.2, -0.15) is 13.2 Å². The zero-order chi connectivity index (χ0) is 20.9. The first kappa shape index (κ1) is 22.1. The lowest BCUT2D eigenvalue weighted by Gasteiger charge is -2.34. The molecule has 0 bridgehead atoms. The minimum absolute atomic E-state index is 0.0973. The molecule has 162 valence electrons. The van der Waals surface area contributed by atoms with E-state index in [1.807, 2.05) is 13.0 Å². The van der Waals surface area contributed by atoms with Crippen LogP contribution in [0.2, 0.25) is 0 Å². The topological polar surface area (TPSA) is 50.8 Å². The van der Waals surface area contributed by atoms with E-state index in [4.69, 9.17) is 9.47 Å². The van der Waals surface area contributed by atoms with Crippen LogP contribution >= 0.6 is 0 Å². The molecule has 0 amide bonds. The van der Waals surface area contributed by atoms with Crippen molar-refractivity contribution in [1.29, 1.82) is 0 Å². The summed E-state index contributed by atoms with van der Waals surface area (Å²) in [7, 11) is 0. The number of benzene rings is 1. The molecular weight excluding hydrogens is 385 g/mol. The molecule has 2 heterocycles. The van der Waals surface area contributed by atoms with Crippen LogP contribution in [0.15, 0.2) is 18.2 Å². The maximum atomic E-state index is 13.4. The lowest BCUT2D eigenvalue weighted by Crippen LogP contribution is -2.41. The van der Waals surface area contributed by atoms with Crippen molar-refractivity contribution in [1.82, 2.24) is 10.2 Å². The molecule has 0 aliphatic carbocycles. The van der Waals surface area contributed by atoms with Gasteiger partial charge in [-0.1, -0.05) is 6.07 Å². The van der Waals surface area contributed by atoms with E-state index in [1.165, 1.54) is 12.1 Å². The molecule has 5 nitrogen and oxygen atoms in total. The fourth-order valence-electron chi connectivity index (χ4n) is 4.00. The molecule has 29 heavy (non-hydrogen) atoms. The monoisotopic (exact) mass is 414 g/mol. The normalized spacial score (nSPS) is 21.1. The second-order valence-corrected chi connectivity index (χ2v) is 8.23. The molecule has 1 N–H and O–H groups in total. The Kier molecular flexibility index (Phi) is 7.19. The fourth-order valence-corrected chi connectivity index (χ4v) is 4.00. The molecule has 8 heteroatoms. The van der Waals surface area contributed by atoms with Crippen LogP contribution in [-0.2, 0) is 33.6 Å². The van der Waals surface area contributed by atoms with Crippen molar-refractivity contribution in [2.45, 2.75) is 63.6 Å². The lowest BCUT2D eigenvalue weighted by molar-refractivity contribution is -0.138. The molecule has 0 atom stereocenters. The Bertz CT molecular complexity index is 682. The molecule has 2 aliphatic rings. The van der Waals surface area contributed by atoms with Gasteiger partial charge in [-0.05, 0) is 69.0 Å². The molecule has 0 radical (unpaired) electrons. The van der Waals surface area contributed by atoms with E-state index in [2.05, 4.69) is 10.2 Å². The molecular formula is C21H29F3N2O3. The van der Waals surface area contributed by atoms with Gasteiger partial charge in [0.05, 0.1) is 17.8 Å². The Hall–Kier alpha value is -1.64. The Balaban J connectivity index is 1.68. The average Bonchev–Trinajstić information content (AvgIpc) is 2.68. The number of hydrogen-bond donors (Lipinski definition) is 1. The van der Waals surface area contributed by atoms with Gasteiger partial charge in [0.15, 0.2) is 0 Å². The molecule has 2 saturated heterocycles. The van der Waals surface area contributed by atoms with E-state index in [-0.39, 0.29) is 18.3 Å². The highest BCUT2D eigenvalue weighted by atomic mass is 19.4. The van der Waals surface area contributed by atoms with E-state index < -0.39 is 11.7 Å². The highest BCUT2D eigenvalue weighted by molar-refractivity contribution is 5.37. The van der Waals surface area contributed by atoms with Gasteiger partial charge in [-0.15, -0.1) is 0 Å². The van der Waals surface area contributed by atoms with E-state index in [0.717, 1.165) is 25.9 Å². The first-order valence-electron chi connectivity index (χ1n) is 10.1. The number of rotatable bonds is 7. The van der Waals surface area contributed by atoms with Gasteiger partial charge in [0.1, 0.15) is 6.10 Å². The van der Waals surface area contributed by atoms with Crippen molar-refractivity contribution in [3.05, 3.63) is 34.9 Å². The number of hydrogen-bond acceptors (Lipinski definition) is 5. The number of piperidine rings is 2. The first-order valence-corrected chi connectivity index (χ1v) is 10.1. The summed E-state index contributed by atoms with van der Waals surface area (Å²) in [5, 5.41) is 3.27. The van der Waals surface area contributed by atoms with Crippen molar-refractivity contribution < 1.29 is 27.4 Å². The standard InChI is InChI=1S/C21H29F3N2O3/c1-20(4-6-25-7-5-20)29-14-17-10-16(11-18(12-17)21(22,23)24)13-26-8-2-19(3-9-26)28-15-27/h10-12,15,19,25H,2-9,13-14H2,1H3. The predicted molar refractivity (Wildman–Crippen MR) is 102 cm³/mol. The molecule has 0 unspecified atom stereocenters. The number of nitrogens with one attached hydrogen (secondary N) is 1. The SMILES string of the molecule is CC1(OCc2cc(CN3CCC(OC=O)CC3)cc(C(F)(F)F)c2)CCNCC1. The van der Waals surface area contributed by atoms with Gasteiger partial charge in [-0.25, -0.2) is 0 Å². The number of alkyl halides is 3. The van der Waals surface area contributed by atoms with E-state index in [0.29, 0.717) is 50.1 Å². The smallest absolute Gasteiger partial charge is 0.416 e. The van der Waals surface area contributed by atoms with Crippen molar-refractivity contribution >= 4 is 6.47 Å². The summed E-state index contributed by atoms with van der Waals surface area (Å²) < 4.78 is 51.3. The van der Waals surface area contributed by atoms with Crippen LogP contribution in [0, 0.1) is 0 Å². The second kappa shape index (κ2) is 9.45. The first-order chi connectivity index (χ1) is 13.8. The number of ether oxygens (including phenoxy) is 2. The molecule has 1 aromatic carbocycles. The van der Waals surface area contributed by atoms with Crippen molar-refractivity contribution in [2.75, 3.05) is 26.2 Å². The maximum absolute atomic E-state index is 13.4. The third-order valence-corrected chi connectivity index (χ3v) is 5.82. The third kappa shape index (κ3) is 6.42. The summed E-state index contributed by atoms with van der Waals surface area (Å²) in [6, 6.07) is 4.23. The highest BCUT2D eigenvalue weighted by Crippen LogP contribution is 2.32. The molecule has 0 saturated carbocycles. The molecule has 1 aromatic rings. The van der Waals surface area contributed by atoms with Crippen LogP contribution in [0.25, 0.3) is 0 Å². The Morgan fingerprint density at radius 2 is 1.83 bits per heavy atom. The Morgan fingerprint density at radius 1 is 1.17 bits per heavy atom. The highest BCUT2D eigenvalue weighted by Gasteiger charge is 2.32. The minimum atomic E-state index is -4.39. The molecule has 0 aromatic heterocycles. The third-order valence-electron chi connectivity index (χ3n) is 5.82. The van der Waals surface area contributed by atoms with Gasteiger partial charge in [0.2, 0.25) is 0 Å². The Labute approximate surface area is 169 Å². The second-order valence-electron chi connectivity index (χ2n) is 8.23. The van der Waals surface area contributed by atoms with Crippen LogP contribution in [0.1, 0.15) is 49.3 Å².